The van der Waals surface area contributed by atoms with Crippen molar-refractivity contribution < 1.29 is 14.0 Å². The predicted molar refractivity (Wildman–Crippen MR) is 117 cm³/mol. The number of furan rings is 1. The van der Waals surface area contributed by atoms with Gasteiger partial charge >= 0.3 is 0 Å². The average molecular weight is 418 g/mol. The van der Waals surface area contributed by atoms with E-state index in [1.165, 1.54) is 6.26 Å². The number of nitrogens with zero attached hydrogens (tertiary/aromatic N) is 2. The first-order valence-electron chi connectivity index (χ1n) is 10.7. The summed E-state index contributed by atoms with van der Waals surface area (Å²) in [6.45, 7) is 2.68. The van der Waals surface area contributed by atoms with Gasteiger partial charge in [-0.3, -0.25) is 14.6 Å². The van der Waals surface area contributed by atoms with E-state index in [0.29, 0.717) is 13.0 Å². The van der Waals surface area contributed by atoms with E-state index in [1.807, 2.05) is 54.4 Å². The van der Waals surface area contributed by atoms with Gasteiger partial charge in [-0.2, -0.15) is 0 Å². The fourth-order valence-corrected chi connectivity index (χ4v) is 4.21. The number of pyridine rings is 1. The van der Waals surface area contributed by atoms with E-state index in [0.717, 1.165) is 36.0 Å². The second-order valence-electron chi connectivity index (χ2n) is 7.96. The molecule has 1 saturated heterocycles. The summed E-state index contributed by atoms with van der Waals surface area (Å²) >= 11 is 0. The third kappa shape index (κ3) is 4.85. The Bertz CT molecular complexity index is 1020. The molecule has 3 aromatic rings. The van der Waals surface area contributed by atoms with Gasteiger partial charge in [0.05, 0.1) is 12.3 Å². The summed E-state index contributed by atoms with van der Waals surface area (Å²) < 4.78 is 5.24. The summed E-state index contributed by atoms with van der Waals surface area (Å²) in [7, 11) is 0. The van der Waals surface area contributed by atoms with Gasteiger partial charge in [-0.15, -0.1) is 0 Å². The molecule has 2 atom stereocenters. The summed E-state index contributed by atoms with van der Waals surface area (Å²) in [4.78, 5) is 32.7. The molecule has 160 valence electrons. The van der Waals surface area contributed by atoms with Gasteiger partial charge in [0, 0.05) is 25.4 Å². The molecule has 6 heteroatoms. The van der Waals surface area contributed by atoms with Gasteiger partial charge in [0.25, 0.3) is 5.91 Å². The van der Waals surface area contributed by atoms with Crippen molar-refractivity contribution in [3.63, 3.8) is 0 Å². The summed E-state index contributed by atoms with van der Waals surface area (Å²) in [5, 5.41) is 2.92. The van der Waals surface area contributed by atoms with Crippen LogP contribution in [-0.2, 0) is 11.2 Å². The van der Waals surface area contributed by atoms with Crippen molar-refractivity contribution in [1.29, 1.82) is 0 Å². The van der Waals surface area contributed by atoms with Crippen molar-refractivity contribution in [2.45, 2.75) is 44.7 Å². The highest BCUT2D eigenvalue weighted by atomic mass is 16.3. The monoisotopic (exact) mass is 417 g/mol. The molecule has 0 radical (unpaired) electrons. The van der Waals surface area contributed by atoms with E-state index in [-0.39, 0.29) is 23.6 Å². The maximum atomic E-state index is 13.8. The first-order chi connectivity index (χ1) is 15.1. The lowest BCUT2D eigenvalue weighted by Gasteiger charge is -2.38. The molecular formula is C25H27N3O3. The average Bonchev–Trinajstić information content (AvgIpc) is 3.35. The number of amides is 2. The minimum Gasteiger partial charge on any atom is -0.459 e. The van der Waals surface area contributed by atoms with Crippen LogP contribution in [0.15, 0.2) is 71.6 Å². The summed E-state index contributed by atoms with van der Waals surface area (Å²) in [6, 6.07) is 14.4. The topological polar surface area (TPSA) is 75.4 Å². The van der Waals surface area contributed by atoms with E-state index < -0.39 is 6.04 Å². The van der Waals surface area contributed by atoms with Crippen molar-refractivity contribution in [2.24, 2.45) is 0 Å². The Hall–Kier alpha value is -3.41. The van der Waals surface area contributed by atoms with Crippen LogP contribution in [0.4, 0.5) is 0 Å². The van der Waals surface area contributed by atoms with Crippen LogP contribution in [0.5, 0.6) is 0 Å². The number of hydrogen-bond donors (Lipinski definition) is 1. The highest BCUT2D eigenvalue weighted by Gasteiger charge is 2.34. The lowest BCUT2D eigenvalue weighted by Crippen LogP contribution is -2.52. The van der Waals surface area contributed by atoms with Crippen LogP contribution in [-0.4, -0.2) is 34.3 Å². The number of aromatic nitrogens is 1. The molecule has 0 aliphatic carbocycles. The first kappa shape index (κ1) is 20.8. The van der Waals surface area contributed by atoms with Crippen molar-refractivity contribution in [3.05, 3.63) is 89.6 Å². The highest BCUT2D eigenvalue weighted by molar-refractivity contribution is 5.95. The first-order valence-corrected chi connectivity index (χ1v) is 10.7. The van der Waals surface area contributed by atoms with Crippen LogP contribution in [0.3, 0.4) is 0 Å². The number of carbonyl (C=O) groups is 2. The van der Waals surface area contributed by atoms with Gasteiger partial charge in [0.15, 0.2) is 5.76 Å². The zero-order valence-corrected chi connectivity index (χ0v) is 17.7. The van der Waals surface area contributed by atoms with Crippen LogP contribution in [0, 0.1) is 6.92 Å². The van der Waals surface area contributed by atoms with Crippen LogP contribution in [0.25, 0.3) is 0 Å². The Labute approximate surface area is 182 Å². The minimum atomic E-state index is -0.684. The number of nitrogens with one attached hydrogen (secondary N) is 1. The van der Waals surface area contributed by atoms with E-state index in [1.54, 1.807) is 18.3 Å². The minimum absolute atomic E-state index is 0.0326. The van der Waals surface area contributed by atoms with Gasteiger partial charge < -0.3 is 14.6 Å². The van der Waals surface area contributed by atoms with E-state index in [4.69, 9.17) is 4.42 Å². The van der Waals surface area contributed by atoms with Crippen molar-refractivity contribution >= 4 is 11.8 Å². The molecule has 2 amide bonds. The highest BCUT2D eigenvalue weighted by Crippen LogP contribution is 2.31. The van der Waals surface area contributed by atoms with Crippen LogP contribution < -0.4 is 5.32 Å². The standard InChI is InChI=1S/C25H27N3O3/c1-18-8-2-3-9-19(18)16-21(27-24(29)23-12-7-15-31-23)25(30)28-14-5-4-11-22(28)20-10-6-13-26-17-20/h2-3,6-10,12-13,15,17,21-22H,4-5,11,14,16H2,1H3,(H,27,29). The largest absolute Gasteiger partial charge is 0.459 e. The Morgan fingerprint density at radius 2 is 2.03 bits per heavy atom. The Morgan fingerprint density at radius 3 is 2.77 bits per heavy atom. The molecule has 1 N–H and O–H groups in total. The van der Waals surface area contributed by atoms with E-state index in [9.17, 15) is 9.59 Å². The molecule has 3 heterocycles. The molecule has 0 saturated carbocycles. The Balaban J connectivity index is 1.61. The molecule has 31 heavy (non-hydrogen) atoms. The van der Waals surface area contributed by atoms with E-state index in [2.05, 4.69) is 10.3 Å². The Kier molecular flexibility index (Phi) is 6.46. The smallest absolute Gasteiger partial charge is 0.287 e. The quantitative estimate of drug-likeness (QED) is 0.656. The zero-order chi connectivity index (χ0) is 21.6. The van der Waals surface area contributed by atoms with Crippen molar-refractivity contribution in [2.75, 3.05) is 6.54 Å². The molecule has 1 fully saturated rings. The number of hydrogen-bond acceptors (Lipinski definition) is 4. The summed E-state index contributed by atoms with van der Waals surface area (Å²) in [5.74, 6) is -0.256. The zero-order valence-electron chi connectivity index (χ0n) is 17.7. The number of piperidine rings is 1. The second-order valence-corrected chi connectivity index (χ2v) is 7.96. The lowest BCUT2D eigenvalue weighted by atomic mass is 9.94. The van der Waals surface area contributed by atoms with Gasteiger partial charge in [-0.05, 0) is 61.1 Å². The SMILES string of the molecule is Cc1ccccc1CC(NC(=O)c1ccco1)C(=O)N1CCCCC1c1cccnc1. The third-order valence-corrected chi connectivity index (χ3v) is 5.89. The molecule has 1 aliphatic rings. The van der Waals surface area contributed by atoms with Gasteiger partial charge in [0.2, 0.25) is 5.91 Å². The van der Waals surface area contributed by atoms with Crippen LogP contribution >= 0.6 is 0 Å². The molecule has 2 unspecified atom stereocenters. The molecule has 0 spiro atoms. The van der Waals surface area contributed by atoms with Crippen molar-refractivity contribution in [3.8, 4) is 0 Å². The summed E-state index contributed by atoms with van der Waals surface area (Å²) in [6.07, 6.45) is 8.35. The molecule has 6 nitrogen and oxygen atoms in total. The molecule has 1 aliphatic heterocycles. The van der Waals surface area contributed by atoms with Crippen LogP contribution in [0.1, 0.15) is 52.5 Å². The number of carbonyl (C=O) groups excluding carboxylic acids is 2. The lowest BCUT2D eigenvalue weighted by molar-refractivity contribution is -0.137. The Morgan fingerprint density at radius 1 is 1.16 bits per heavy atom. The number of benzene rings is 1. The van der Waals surface area contributed by atoms with Gasteiger partial charge in [-0.1, -0.05) is 30.3 Å². The predicted octanol–water partition coefficient (Wildman–Crippen LogP) is 4.08. The molecular weight excluding hydrogens is 390 g/mol. The number of likely N-dealkylation sites (tertiary alicyclic amines) is 1. The number of aryl methyl sites for hydroxylation is 1. The molecule has 4 rings (SSSR count). The maximum Gasteiger partial charge on any atom is 0.287 e. The molecule has 0 bridgehead atoms. The van der Waals surface area contributed by atoms with E-state index >= 15 is 0 Å². The van der Waals surface area contributed by atoms with Crippen LogP contribution in [0.2, 0.25) is 0 Å². The fraction of sp³-hybridized carbons (Fsp3) is 0.320. The van der Waals surface area contributed by atoms with Gasteiger partial charge in [0.1, 0.15) is 6.04 Å². The normalized spacial score (nSPS) is 17.2. The third-order valence-electron chi connectivity index (χ3n) is 5.89. The van der Waals surface area contributed by atoms with Crippen molar-refractivity contribution in [1.82, 2.24) is 15.2 Å². The number of rotatable bonds is 6. The maximum absolute atomic E-state index is 13.8. The fourth-order valence-electron chi connectivity index (χ4n) is 4.21. The molecule has 1 aromatic carbocycles. The summed E-state index contributed by atoms with van der Waals surface area (Å²) in [5.41, 5.74) is 3.16. The molecule has 2 aromatic heterocycles. The van der Waals surface area contributed by atoms with Gasteiger partial charge in [-0.25, -0.2) is 0 Å². The second kappa shape index (κ2) is 9.60.